The van der Waals surface area contributed by atoms with Crippen molar-refractivity contribution in [1.82, 2.24) is 4.90 Å². The van der Waals surface area contributed by atoms with Crippen LogP contribution in [0.1, 0.15) is 33.1 Å². The first-order valence-corrected chi connectivity index (χ1v) is 7.48. The Bertz CT molecular complexity index is 602. The van der Waals surface area contributed by atoms with Crippen molar-refractivity contribution >= 4 is 34.5 Å². The van der Waals surface area contributed by atoms with Gasteiger partial charge in [-0.2, -0.15) is 0 Å². The maximum atomic E-state index is 12.4. The Balaban J connectivity index is 2.19. The summed E-state index contributed by atoms with van der Waals surface area (Å²) in [5.74, 6) is -0.0164. The van der Waals surface area contributed by atoms with Crippen LogP contribution < -0.4 is 5.73 Å². The molecule has 0 radical (unpaired) electrons. The minimum Gasteiger partial charge on any atom is -0.398 e. The van der Waals surface area contributed by atoms with Crippen molar-refractivity contribution in [3.8, 4) is 0 Å². The Kier molecular flexibility index (Phi) is 4.35. The first-order valence-electron chi connectivity index (χ1n) is 6.28. The second-order valence-electron chi connectivity index (χ2n) is 4.77. The summed E-state index contributed by atoms with van der Waals surface area (Å²) in [7, 11) is 1.80. The number of anilines is 1. The molecule has 0 aliphatic carbocycles. The van der Waals surface area contributed by atoms with Crippen molar-refractivity contribution in [2.75, 3.05) is 12.8 Å². The van der Waals surface area contributed by atoms with Crippen LogP contribution >= 0.6 is 22.9 Å². The van der Waals surface area contributed by atoms with Crippen LogP contribution in [0.2, 0.25) is 5.02 Å². The van der Waals surface area contributed by atoms with Gasteiger partial charge in [-0.1, -0.05) is 23.7 Å². The number of carbonyl (C=O) groups excluding carboxylic acids is 1. The molecule has 3 nitrogen and oxygen atoms in total. The fraction of sp³-hybridized carbons (Fsp3) is 0.267. The number of hydrogen-bond donors (Lipinski definition) is 1. The second-order valence-corrected chi connectivity index (χ2v) is 6.46. The van der Waals surface area contributed by atoms with Crippen LogP contribution in [0.5, 0.6) is 0 Å². The zero-order valence-corrected chi connectivity index (χ0v) is 13.3. The van der Waals surface area contributed by atoms with Gasteiger partial charge in [-0.05, 0) is 37.6 Å². The number of carbonyl (C=O) groups is 1. The van der Waals surface area contributed by atoms with Crippen molar-refractivity contribution in [3.05, 3.63) is 50.7 Å². The van der Waals surface area contributed by atoms with Gasteiger partial charge in [-0.15, -0.1) is 11.3 Å². The van der Waals surface area contributed by atoms with E-state index < -0.39 is 0 Å². The zero-order valence-electron chi connectivity index (χ0n) is 11.7. The third-order valence-electron chi connectivity index (χ3n) is 3.42. The van der Waals surface area contributed by atoms with Crippen molar-refractivity contribution in [2.45, 2.75) is 19.9 Å². The maximum absolute atomic E-state index is 12.4. The van der Waals surface area contributed by atoms with E-state index in [1.165, 1.54) is 11.3 Å². The van der Waals surface area contributed by atoms with Crippen molar-refractivity contribution in [3.63, 3.8) is 0 Å². The summed E-state index contributed by atoms with van der Waals surface area (Å²) < 4.78 is 0. The van der Waals surface area contributed by atoms with Gasteiger partial charge in [0, 0.05) is 22.6 Å². The molecule has 20 heavy (non-hydrogen) atoms. The van der Waals surface area contributed by atoms with E-state index in [0.29, 0.717) is 15.6 Å². The lowest BCUT2D eigenvalue weighted by atomic mass is 10.1. The molecule has 1 unspecified atom stereocenters. The molecule has 1 heterocycles. The lowest BCUT2D eigenvalue weighted by Crippen LogP contribution is -2.29. The maximum Gasteiger partial charge on any atom is 0.264 e. The fourth-order valence-corrected chi connectivity index (χ4v) is 2.97. The van der Waals surface area contributed by atoms with Gasteiger partial charge in [-0.25, -0.2) is 0 Å². The van der Waals surface area contributed by atoms with Gasteiger partial charge in [-0.3, -0.25) is 4.79 Å². The summed E-state index contributed by atoms with van der Waals surface area (Å²) in [6.07, 6.45) is 0. The van der Waals surface area contributed by atoms with Crippen LogP contribution in [0.15, 0.2) is 30.3 Å². The van der Waals surface area contributed by atoms with Gasteiger partial charge in [0.05, 0.1) is 10.9 Å². The van der Waals surface area contributed by atoms with Crippen LogP contribution in [0.25, 0.3) is 0 Å². The first kappa shape index (κ1) is 14.9. The van der Waals surface area contributed by atoms with Crippen LogP contribution in [0.3, 0.4) is 0 Å². The molecular weight excluding hydrogens is 292 g/mol. The third kappa shape index (κ3) is 2.97. The molecule has 1 atom stereocenters. The van der Waals surface area contributed by atoms with Crippen LogP contribution in [0.4, 0.5) is 5.69 Å². The highest BCUT2D eigenvalue weighted by atomic mass is 35.5. The molecule has 0 saturated heterocycles. The number of halogens is 1. The van der Waals surface area contributed by atoms with Crippen LogP contribution in [0, 0.1) is 6.92 Å². The molecule has 0 fully saturated rings. The number of thiophene rings is 1. The van der Waals surface area contributed by atoms with Gasteiger partial charge < -0.3 is 10.6 Å². The lowest BCUT2D eigenvalue weighted by molar-refractivity contribution is 0.0747. The fourth-order valence-electron chi connectivity index (χ4n) is 1.92. The molecule has 2 N–H and O–H groups in total. The van der Waals surface area contributed by atoms with Crippen LogP contribution in [-0.4, -0.2) is 17.9 Å². The number of nitrogens with zero attached hydrogens (tertiary/aromatic N) is 1. The monoisotopic (exact) mass is 308 g/mol. The van der Waals surface area contributed by atoms with E-state index in [4.69, 9.17) is 17.3 Å². The summed E-state index contributed by atoms with van der Waals surface area (Å²) in [6.45, 7) is 3.91. The Morgan fingerprint density at radius 1 is 1.35 bits per heavy atom. The Hall–Kier alpha value is -1.52. The van der Waals surface area contributed by atoms with E-state index in [0.717, 1.165) is 10.4 Å². The molecule has 1 aromatic carbocycles. The molecule has 0 saturated carbocycles. The average molecular weight is 309 g/mol. The molecule has 0 aliphatic heterocycles. The molecule has 2 rings (SSSR count). The molecule has 2 aromatic rings. The van der Waals surface area contributed by atoms with Gasteiger partial charge >= 0.3 is 0 Å². The number of amides is 1. The molecule has 106 valence electrons. The van der Waals surface area contributed by atoms with E-state index in [9.17, 15) is 4.79 Å². The largest absolute Gasteiger partial charge is 0.398 e. The molecule has 0 aliphatic rings. The smallest absolute Gasteiger partial charge is 0.264 e. The summed E-state index contributed by atoms with van der Waals surface area (Å²) in [6, 6.07) is 9.25. The molecule has 1 aromatic heterocycles. The molecule has 0 bridgehead atoms. The first-order chi connectivity index (χ1) is 9.40. The van der Waals surface area contributed by atoms with E-state index in [-0.39, 0.29) is 11.9 Å². The predicted octanol–water partition coefficient (Wildman–Crippen LogP) is 4.13. The highest BCUT2D eigenvalue weighted by Crippen LogP contribution is 2.27. The molecule has 0 spiro atoms. The summed E-state index contributed by atoms with van der Waals surface area (Å²) in [5.41, 5.74) is 7.53. The van der Waals surface area contributed by atoms with E-state index in [1.54, 1.807) is 18.0 Å². The third-order valence-corrected chi connectivity index (χ3v) is 4.73. The number of nitrogen functional groups attached to an aromatic ring is 1. The van der Waals surface area contributed by atoms with E-state index in [1.807, 2.05) is 38.1 Å². The van der Waals surface area contributed by atoms with Crippen molar-refractivity contribution in [1.29, 1.82) is 0 Å². The van der Waals surface area contributed by atoms with Gasteiger partial charge in [0.1, 0.15) is 0 Å². The van der Waals surface area contributed by atoms with Crippen molar-refractivity contribution < 1.29 is 4.79 Å². The number of hydrogen-bond acceptors (Lipinski definition) is 3. The summed E-state index contributed by atoms with van der Waals surface area (Å²) >= 11 is 7.31. The minimum absolute atomic E-state index is 0.0164. The number of nitrogens with two attached hydrogens (primary N) is 1. The van der Waals surface area contributed by atoms with Crippen molar-refractivity contribution in [2.24, 2.45) is 0 Å². The van der Waals surface area contributed by atoms with E-state index >= 15 is 0 Å². The highest BCUT2D eigenvalue weighted by molar-refractivity contribution is 7.14. The number of aryl methyl sites for hydroxylation is 1. The molecule has 1 amide bonds. The van der Waals surface area contributed by atoms with Gasteiger partial charge in [0.25, 0.3) is 5.91 Å². The topological polar surface area (TPSA) is 46.3 Å². The SMILES string of the molecule is Cc1sc(C(=O)N(C)C(C)c2ccc(Cl)cc2)cc1N. The Labute approximate surface area is 128 Å². The van der Waals surface area contributed by atoms with Gasteiger partial charge in [0.15, 0.2) is 0 Å². The lowest BCUT2D eigenvalue weighted by Gasteiger charge is -2.25. The second kappa shape index (κ2) is 5.85. The highest BCUT2D eigenvalue weighted by Gasteiger charge is 2.21. The minimum atomic E-state index is -0.0246. The van der Waals surface area contributed by atoms with Gasteiger partial charge in [0.2, 0.25) is 0 Å². The predicted molar refractivity (Wildman–Crippen MR) is 85.4 cm³/mol. The summed E-state index contributed by atoms with van der Waals surface area (Å²) in [4.78, 5) is 15.8. The standard InChI is InChI=1S/C15H17ClN2OS/c1-9(11-4-6-12(16)7-5-11)18(3)15(19)14-8-13(17)10(2)20-14/h4-9H,17H2,1-3H3. The number of rotatable bonds is 3. The van der Waals surface area contributed by atoms with E-state index in [2.05, 4.69) is 0 Å². The quantitative estimate of drug-likeness (QED) is 0.927. The zero-order chi connectivity index (χ0) is 14.9. The number of benzene rings is 1. The molecule has 5 heteroatoms. The Morgan fingerprint density at radius 3 is 2.45 bits per heavy atom. The Morgan fingerprint density at radius 2 is 1.95 bits per heavy atom. The van der Waals surface area contributed by atoms with Crippen LogP contribution in [-0.2, 0) is 0 Å². The average Bonchev–Trinajstić information content (AvgIpc) is 2.77. The summed E-state index contributed by atoms with van der Waals surface area (Å²) in [5, 5.41) is 0.691. The molecular formula is C15H17ClN2OS. The normalized spacial score (nSPS) is 12.2.